The molecule has 7 atom stereocenters. The predicted octanol–water partition coefficient (Wildman–Crippen LogP) is 4.85. The number of hydrogen-bond donors (Lipinski definition) is 0. The minimum absolute atomic E-state index is 0.500. The van der Waals surface area contributed by atoms with E-state index in [0.29, 0.717) is 23.2 Å². The van der Waals surface area contributed by atoms with Gasteiger partial charge in [-0.3, -0.25) is 0 Å². The molecule has 0 heteroatoms. The van der Waals surface area contributed by atoms with Crippen LogP contribution in [0.15, 0.2) is 0 Å². The first kappa shape index (κ1) is 14.0. The second-order valence-electron chi connectivity index (χ2n) is 7.76. The first-order valence-electron chi connectivity index (χ1n) is 7.79. The molecule has 0 aromatic rings. The summed E-state index contributed by atoms with van der Waals surface area (Å²) in [4.78, 5) is 0. The van der Waals surface area contributed by atoms with Crippen LogP contribution in [-0.4, -0.2) is 0 Å². The summed E-state index contributed by atoms with van der Waals surface area (Å²) in [6, 6.07) is 0. The van der Waals surface area contributed by atoms with Crippen LogP contribution in [0.1, 0.15) is 54.4 Å². The molecule has 102 valence electrons. The van der Waals surface area contributed by atoms with Gasteiger partial charge in [0.1, 0.15) is 0 Å². The Kier molecular flexibility index (Phi) is 3.56. The van der Waals surface area contributed by atoms with Crippen molar-refractivity contribution >= 4 is 0 Å². The summed E-state index contributed by atoms with van der Waals surface area (Å²) in [6.45, 7) is 14.5. The van der Waals surface area contributed by atoms with Crippen LogP contribution in [0, 0.1) is 59.2 Å². The zero-order chi connectivity index (χ0) is 13.7. The summed E-state index contributed by atoms with van der Waals surface area (Å²) in [5.74, 6) is 8.45. The SMILES string of the molecule is C#CC1C(C)CC(C2CC2(C)C(C)C)C(C)C1C. The fraction of sp³-hybridized carbons (Fsp3) is 0.889. The average molecular weight is 246 g/mol. The molecule has 2 rings (SSSR count). The maximum absolute atomic E-state index is 5.73. The summed E-state index contributed by atoms with van der Waals surface area (Å²) in [5, 5.41) is 0. The minimum Gasteiger partial charge on any atom is -0.120 e. The van der Waals surface area contributed by atoms with Crippen LogP contribution in [0.3, 0.4) is 0 Å². The van der Waals surface area contributed by atoms with Crippen molar-refractivity contribution in [1.82, 2.24) is 0 Å². The fourth-order valence-electron chi connectivity index (χ4n) is 4.59. The molecule has 0 aromatic heterocycles. The maximum atomic E-state index is 5.73. The Morgan fingerprint density at radius 2 is 1.78 bits per heavy atom. The van der Waals surface area contributed by atoms with E-state index in [1.165, 1.54) is 12.8 Å². The zero-order valence-corrected chi connectivity index (χ0v) is 13.0. The Morgan fingerprint density at radius 1 is 1.17 bits per heavy atom. The third kappa shape index (κ3) is 2.01. The lowest BCUT2D eigenvalue weighted by atomic mass is 9.61. The highest BCUT2D eigenvalue weighted by atomic mass is 14.6. The van der Waals surface area contributed by atoms with Gasteiger partial charge in [0.25, 0.3) is 0 Å². The molecule has 0 amide bonds. The molecule has 0 aliphatic heterocycles. The van der Waals surface area contributed by atoms with Crippen LogP contribution < -0.4 is 0 Å². The quantitative estimate of drug-likeness (QED) is 0.611. The number of rotatable bonds is 2. The standard InChI is InChI=1S/C18H30/c1-8-15-12(4)9-16(14(6)13(15)5)17-10-18(17,7)11(2)3/h1,11-17H,9-10H2,2-7H3. The summed E-state index contributed by atoms with van der Waals surface area (Å²) >= 11 is 0. The molecule has 2 fully saturated rings. The van der Waals surface area contributed by atoms with E-state index in [-0.39, 0.29) is 0 Å². The van der Waals surface area contributed by atoms with Crippen molar-refractivity contribution in [3.63, 3.8) is 0 Å². The Labute approximate surface area is 114 Å². The Balaban J connectivity index is 2.11. The molecule has 0 aromatic carbocycles. The van der Waals surface area contributed by atoms with Crippen LogP contribution in [0.4, 0.5) is 0 Å². The molecule has 0 spiro atoms. The number of hydrogen-bond acceptors (Lipinski definition) is 0. The van der Waals surface area contributed by atoms with Gasteiger partial charge in [0, 0.05) is 5.92 Å². The molecule has 0 N–H and O–H groups in total. The van der Waals surface area contributed by atoms with Gasteiger partial charge in [-0.25, -0.2) is 0 Å². The molecular formula is C18H30. The topological polar surface area (TPSA) is 0 Å². The molecule has 0 nitrogen and oxygen atoms in total. The molecule has 0 bridgehead atoms. The lowest BCUT2D eigenvalue weighted by molar-refractivity contribution is 0.0701. The van der Waals surface area contributed by atoms with Crippen molar-refractivity contribution in [2.75, 3.05) is 0 Å². The first-order valence-corrected chi connectivity index (χ1v) is 7.79. The molecule has 0 heterocycles. The van der Waals surface area contributed by atoms with E-state index < -0.39 is 0 Å². The smallest absolute Gasteiger partial charge is 0.0254 e. The molecule has 0 radical (unpaired) electrons. The van der Waals surface area contributed by atoms with Gasteiger partial charge in [-0.2, -0.15) is 0 Å². The lowest BCUT2D eigenvalue weighted by Crippen LogP contribution is -2.37. The predicted molar refractivity (Wildman–Crippen MR) is 79.0 cm³/mol. The fourth-order valence-corrected chi connectivity index (χ4v) is 4.59. The Bertz CT molecular complexity index is 348. The van der Waals surface area contributed by atoms with Crippen molar-refractivity contribution < 1.29 is 0 Å². The van der Waals surface area contributed by atoms with Gasteiger partial charge in [0.15, 0.2) is 0 Å². The Morgan fingerprint density at radius 3 is 2.22 bits per heavy atom. The van der Waals surface area contributed by atoms with Gasteiger partial charge in [-0.05, 0) is 53.8 Å². The summed E-state index contributed by atoms with van der Waals surface area (Å²) < 4.78 is 0. The van der Waals surface area contributed by atoms with Crippen molar-refractivity contribution in [2.45, 2.75) is 54.4 Å². The van der Waals surface area contributed by atoms with Crippen molar-refractivity contribution in [1.29, 1.82) is 0 Å². The summed E-state index contributed by atoms with van der Waals surface area (Å²) in [6.07, 6.45) is 8.53. The highest BCUT2D eigenvalue weighted by molar-refractivity contribution is 5.09. The Hall–Kier alpha value is -0.440. The van der Waals surface area contributed by atoms with E-state index in [9.17, 15) is 0 Å². The van der Waals surface area contributed by atoms with E-state index in [2.05, 4.69) is 47.5 Å². The van der Waals surface area contributed by atoms with Crippen molar-refractivity contribution in [3.05, 3.63) is 0 Å². The second-order valence-corrected chi connectivity index (χ2v) is 7.76. The molecule has 0 saturated heterocycles. The normalized spacial score (nSPS) is 52.1. The minimum atomic E-state index is 0.500. The first-order chi connectivity index (χ1) is 8.32. The van der Waals surface area contributed by atoms with E-state index in [0.717, 1.165) is 23.7 Å². The molecule has 2 aliphatic carbocycles. The molecule has 18 heavy (non-hydrogen) atoms. The van der Waals surface area contributed by atoms with Crippen LogP contribution in [-0.2, 0) is 0 Å². The lowest BCUT2D eigenvalue weighted by Gasteiger charge is -2.43. The van der Waals surface area contributed by atoms with E-state index in [1.807, 2.05) is 0 Å². The van der Waals surface area contributed by atoms with Crippen molar-refractivity contribution in [3.8, 4) is 12.3 Å². The molecule has 2 saturated carbocycles. The van der Waals surface area contributed by atoms with Crippen LogP contribution >= 0.6 is 0 Å². The van der Waals surface area contributed by atoms with E-state index >= 15 is 0 Å². The van der Waals surface area contributed by atoms with E-state index in [1.54, 1.807) is 0 Å². The molecule has 2 aliphatic rings. The van der Waals surface area contributed by atoms with Gasteiger partial charge in [0.05, 0.1) is 0 Å². The molecular weight excluding hydrogens is 216 g/mol. The maximum Gasteiger partial charge on any atom is 0.0254 e. The third-order valence-corrected chi connectivity index (χ3v) is 6.70. The second kappa shape index (κ2) is 4.59. The van der Waals surface area contributed by atoms with Gasteiger partial charge < -0.3 is 0 Å². The van der Waals surface area contributed by atoms with Crippen LogP contribution in [0.25, 0.3) is 0 Å². The van der Waals surface area contributed by atoms with Crippen molar-refractivity contribution in [2.24, 2.45) is 46.8 Å². The van der Waals surface area contributed by atoms with Gasteiger partial charge in [-0.1, -0.05) is 41.5 Å². The van der Waals surface area contributed by atoms with Gasteiger partial charge in [-0.15, -0.1) is 12.3 Å². The average Bonchev–Trinajstić information content (AvgIpc) is 2.98. The largest absolute Gasteiger partial charge is 0.120 e. The van der Waals surface area contributed by atoms with Gasteiger partial charge >= 0.3 is 0 Å². The van der Waals surface area contributed by atoms with Crippen LogP contribution in [0.2, 0.25) is 0 Å². The number of terminal acetylenes is 1. The van der Waals surface area contributed by atoms with E-state index in [4.69, 9.17) is 6.42 Å². The summed E-state index contributed by atoms with van der Waals surface area (Å²) in [5.41, 5.74) is 0.612. The van der Waals surface area contributed by atoms with Crippen LogP contribution in [0.5, 0.6) is 0 Å². The molecule has 7 unspecified atom stereocenters. The third-order valence-electron chi connectivity index (χ3n) is 6.70. The summed E-state index contributed by atoms with van der Waals surface area (Å²) in [7, 11) is 0. The van der Waals surface area contributed by atoms with Gasteiger partial charge in [0.2, 0.25) is 0 Å². The highest BCUT2D eigenvalue weighted by Gasteiger charge is 2.58. The highest BCUT2D eigenvalue weighted by Crippen LogP contribution is 2.65. The monoisotopic (exact) mass is 246 g/mol. The zero-order valence-electron chi connectivity index (χ0n) is 13.0.